The molecule has 0 aliphatic carbocycles. The first-order chi connectivity index (χ1) is 12.0. The number of carbonyl (C=O) groups is 1. The van der Waals surface area contributed by atoms with Crippen LogP contribution in [0.3, 0.4) is 0 Å². The quantitative estimate of drug-likeness (QED) is 0.879. The van der Waals surface area contributed by atoms with Crippen molar-refractivity contribution in [2.75, 3.05) is 23.8 Å². The Labute approximate surface area is 144 Å². The number of ether oxygens (including phenoxy) is 1. The highest BCUT2D eigenvalue weighted by Gasteiger charge is 2.20. The maximum absolute atomic E-state index is 13.0. The molecule has 3 rings (SSSR count). The molecule has 1 fully saturated rings. The molecule has 6 nitrogen and oxygen atoms in total. The molecule has 2 amide bonds. The molecule has 0 bridgehead atoms. The average Bonchev–Trinajstić information content (AvgIpc) is 2.96. The van der Waals surface area contributed by atoms with Crippen molar-refractivity contribution in [1.82, 2.24) is 9.78 Å². The van der Waals surface area contributed by atoms with Gasteiger partial charge < -0.3 is 15.4 Å². The molecule has 0 atom stereocenters. The Bertz CT molecular complexity index is 742. The molecular weight excluding hydrogens is 330 g/mol. The minimum absolute atomic E-state index is 0.00409. The Morgan fingerprint density at radius 2 is 2.08 bits per heavy atom. The molecule has 0 unspecified atom stereocenters. The van der Waals surface area contributed by atoms with Crippen molar-refractivity contribution in [3.05, 3.63) is 41.7 Å². The molecule has 0 spiro atoms. The molecule has 1 aliphatic rings. The molecular formula is C17H20F2N4O2. The molecule has 1 aromatic carbocycles. The topological polar surface area (TPSA) is 68.2 Å². The van der Waals surface area contributed by atoms with Gasteiger partial charge in [-0.1, -0.05) is 12.1 Å². The highest BCUT2D eigenvalue weighted by molar-refractivity contribution is 6.00. The molecule has 1 aliphatic heterocycles. The molecule has 2 heterocycles. The van der Waals surface area contributed by atoms with Gasteiger partial charge in [0.1, 0.15) is 5.69 Å². The summed E-state index contributed by atoms with van der Waals surface area (Å²) in [5.41, 5.74) is 1.42. The minimum atomic E-state index is -2.72. The van der Waals surface area contributed by atoms with E-state index in [1.165, 1.54) is 13.2 Å². The summed E-state index contributed by atoms with van der Waals surface area (Å²) in [6.45, 7) is 1.47. The van der Waals surface area contributed by atoms with E-state index in [1.54, 1.807) is 6.07 Å². The lowest BCUT2D eigenvalue weighted by molar-refractivity contribution is 0.0853. The Hall–Kier alpha value is -2.48. The first-order valence-corrected chi connectivity index (χ1v) is 8.10. The fourth-order valence-electron chi connectivity index (χ4n) is 2.99. The third-order valence-corrected chi connectivity index (χ3v) is 4.28. The number of rotatable bonds is 4. The number of alkyl halides is 2. The van der Waals surface area contributed by atoms with E-state index in [-0.39, 0.29) is 11.4 Å². The summed E-state index contributed by atoms with van der Waals surface area (Å²) >= 11 is 0. The standard InChI is InChI=1S/C17H20F2N4O2/c1-23-15(16(18)19)14(10-20-23)22-17(24)21-13-4-2-3-12(9-13)11-5-7-25-8-6-11/h2-4,9-11,16H,5-8H2,1H3,(H2,21,22,24). The average molecular weight is 350 g/mol. The number of aryl methyl sites for hydroxylation is 1. The molecule has 2 aromatic rings. The van der Waals surface area contributed by atoms with Crippen LogP contribution in [0.25, 0.3) is 0 Å². The molecule has 0 radical (unpaired) electrons. The van der Waals surface area contributed by atoms with Gasteiger partial charge in [-0.3, -0.25) is 4.68 Å². The predicted octanol–water partition coefficient (Wildman–Crippen LogP) is 3.90. The zero-order valence-corrected chi connectivity index (χ0v) is 13.8. The highest BCUT2D eigenvalue weighted by atomic mass is 19.3. The Morgan fingerprint density at radius 1 is 1.32 bits per heavy atom. The van der Waals surface area contributed by atoms with E-state index < -0.39 is 12.5 Å². The van der Waals surface area contributed by atoms with E-state index in [1.807, 2.05) is 18.2 Å². The van der Waals surface area contributed by atoms with Crippen LogP contribution in [-0.2, 0) is 11.8 Å². The Balaban J connectivity index is 1.67. The number of benzene rings is 1. The molecule has 0 saturated carbocycles. The minimum Gasteiger partial charge on any atom is -0.381 e. The third kappa shape index (κ3) is 4.14. The Kier molecular flexibility index (Phi) is 5.28. The van der Waals surface area contributed by atoms with Gasteiger partial charge in [-0.25, -0.2) is 13.6 Å². The molecule has 2 N–H and O–H groups in total. The zero-order valence-electron chi connectivity index (χ0n) is 13.8. The van der Waals surface area contributed by atoms with Crippen molar-refractivity contribution in [3.8, 4) is 0 Å². The van der Waals surface area contributed by atoms with E-state index in [2.05, 4.69) is 15.7 Å². The van der Waals surface area contributed by atoms with Crippen LogP contribution in [0.2, 0.25) is 0 Å². The summed E-state index contributed by atoms with van der Waals surface area (Å²) in [4.78, 5) is 12.1. The van der Waals surface area contributed by atoms with E-state index in [0.29, 0.717) is 11.6 Å². The SMILES string of the molecule is Cn1ncc(NC(=O)Nc2cccc(C3CCOCC3)c2)c1C(F)F. The number of carbonyl (C=O) groups excluding carboxylic acids is 1. The van der Waals surface area contributed by atoms with Gasteiger partial charge in [0.25, 0.3) is 6.43 Å². The number of amides is 2. The van der Waals surface area contributed by atoms with Crippen molar-refractivity contribution < 1.29 is 18.3 Å². The maximum Gasteiger partial charge on any atom is 0.323 e. The van der Waals surface area contributed by atoms with Crippen molar-refractivity contribution >= 4 is 17.4 Å². The van der Waals surface area contributed by atoms with Crippen LogP contribution in [0, 0.1) is 0 Å². The number of anilines is 2. The van der Waals surface area contributed by atoms with Gasteiger partial charge in [0.05, 0.1) is 11.9 Å². The van der Waals surface area contributed by atoms with Gasteiger partial charge in [-0.05, 0) is 36.5 Å². The predicted molar refractivity (Wildman–Crippen MR) is 90.0 cm³/mol. The van der Waals surface area contributed by atoms with Crippen LogP contribution in [0.15, 0.2) is 30.5 Å². The van der Waals surface area contributed by atoms with E-state index in [0.717, 1.165) is 36.3 Å². The second kappa shape index (κ2) is 7.60. The lowest BCUT2D eigenvalue weighted by Gasteiger charge is -2.22. The van der Waals surface area contributed by atoms with Crippen molar-refractivity contribution in [2.24, 2.45) is 7.05 Å². The van der Waals surface area contributed by atoms with E-state index in [4.69, 9.17) is 4.74 Å². The Morgan fingerprint density at radius 3 is 2.80 bits per heavy atom. The van der Waals surface area contributed by atoms with E-state index >= 15 is 0 Å². The summed E-state index contributed by atoms with van der Waals surface area (Å²) < 4.78 is 32.4. The van der Waals surface area contributed by atoms with Crippen LogP contribution in [0.4, 0.5) is 25.0 Å². The van der Waals surface area contributed by atoms with E-state index in [9.17, 15) is 13.6 Å². The summed E-state index contributed by atoms with van der Waals surface area (Å²) in [6, 6.07) is 6.98. The van der Waals surface area contributed by atoms with Crippen LogP contribution >= 0.6 is 0 Å². The highest BCUT2D eigenvalue weighted by Crippen LogP contribution is 2.29. The number of nitrogens with one attached hydrogen (secondary N) is 2. The summed E-state index contributed by atoms with van der Waals surface area (Å²) in [5.74, 6) is 0.405. The fraction of sp³-hybridized carbons (Fsp3) is 0.412. The molecule has 1 saturated heterocycles. The van der Waals surface area contributed by atoms with Crippen LogP contribution in [0.5, 0.6) is 0 Å². The lowest BCUT2D eigenvalue weighted by atomic mass is 9.91. The number of nitrogens with zero attached hydrogens (tertiary/aromatic N) is 2. The van der Waals surface area contributed by atoms with Gasteiger partial charge in [-0.2, -0.15) is 5.10 Å². The second-order valence-corrected chi connectivity index (χ2v) is 5.96. The zero-order chi connectivity index (χ0) is 17.8. The first-order valence-electron chi connectivity index (χ1n) is 8.10. The number of urea groups is 1. The largest absolute Gasteiger partial charge is 0.381 e. The van der Waals surface area contributed by atoms with Crippen LogP contribution in [0.1, 0.15) is 36.4 Å². The molecule has 134 valence electrons. The number of aromatic nitrogens is 2. The van der Waals surface area contributed by atoms with Gasteiger partial charge in [0, 0.05) is 25.9 Å². The lowest BCUT2D eigenvalue weighted by Crippen LogP contribution is -2.20. The van der Waals surface area contributed by atoms with Crippen molar-refractivity contribution in [1.29, 1.82) is 0 Å². The molecule has 1 aromatic heterocycles. The maximum atomic E-state index is 13.0. The van der Waals surface area contributed by atoms with Gasteiger partial charge in [-0.15, -0.1) is 0 Å². The van der Waals surface area contributed by atoms with Gasteiger partial charge in [0.2, 0.25) is 0 Å². The number of halogens is 2. The summed E-state index contributed by atoms with van der Waals surface area (Å²) in [5, 5.41) is 8.86. The van der Waals surface area contributed by atoms with Crippen molar-refractivity contribution in [2.45, 2.75) is 25.2 Å². The monoisotopic (exact) mass is 350 g/mol. The third-order valence-electron chi connectivity index (χ3n) is 4.28. The van der Waals surface area contributed by atoms with Crippen molar-refractivity contribution in [3.63, 3.8) is 0 Å². The molecule has 25 heavy (non-hydrogen) atoms. The van der Waals surface area contributed by atoms with Crippen LogP contribution < -0.4 is 10.6 Å². The fourth-order valence-corrected chi connectivity index (χ4v) is 2.99. The molecule has 8 heteroatoms. The second-order valence-electron chi connectivity index (χ2n) is 5.96. The van der Waals surface area contributed by atoms with Gasteiger partial charge >= 0.3 is 6.03 Å². The smallest absolute Gasteiger partial charge is 0.323 e. The number of hydrogen-bond acceptors (Lipinski definition) is 3. The van der Waals surface area contributed by atoms with Gasteiger partial charge in [0.15, 0.2) is 0 Å². The first kappa shape index (κ1) is 17.3. The normalized spacial score (nSPS) is 15.4. The summed E-state index contributed by atoms with van der Waals surface area (Å²) in [6.07, 6.45) is 0.380. The summed E-state index contributed by atoms with van der Waals surface area (Å²) in [7, 11) is 1.40. The van der Waals surface area contributed by atoms with Crippen LogP contribution in [-0.4, -0.2) is 29.0 Å². The number of hydrogen-bond donors (Lipinski definition) is 2.